The van der Waals surface area contributed by atoms with Gasteiger partial charge in [0, 0.05) is 12.2 Å². The van der Waals surface area contributed by atoms with Crippen LogP contribution >= 0.6 is 0 Å². The number of nitrogens with zero attached hydrogens (tertiary/aromatic N) is 1. The van der Waals surface area contributed by atoms with E-state index < -0.39 is 0 Å². The van der Waals surface area contributed by atoms with E-state index in [9.17, 15) is 4.79 Å². The summed E-state index contributed by atoms with van der Waals surface area (Å²) < 4.78 is 0. The summed E-state index contributed by atoms with van der Waals surface area (Å²) in [4.78, 5) is 14.1. The van der Waals surface area contributed by atoms with Crippen molar-refractivity contribution < 1.29 is 4.79 Å². The van der Waals surface area contributed by atoms with E-state index in [2.05, 4.69) is 10.2 Å². The van der Waals surface area contributed by atoms with Crippen LogP contribution in [0.25, 0.3) is 0 Å². The Morgan fingerprint density at radius 2 is 2.25 bits per heavy atom. The zero-order chi connectivity index (χ0) is 11.1. The number of hydrogen-bond donors (Lipinski definition) is 2. The lowest BCUT2D eigenvalue weighted by molar-refractivity contribution is -0.118. The highest BCUT2D eigenvalue weighted by molar-refractivity contribution is 6.04. The van der Waals surface area contributed by atoms with Gasteiger partial charge < -0.3 is 16.0 Å². The Morgan fingerprint density at radius 1 is 1.38 bits per heavy atom. The topological polar surface area (TPSA) is 58.4 Å². The highest BCUT2D eigenvalue weighted by Crippen LogP contribution is 2.36. The SMILES string of the molecule is Nc1ccc2c(c1)NC(=O)C1CCCCN21. The Hall–Kier alpha value is -1.71. The molecule has 2 aliphatic heterocycles. The number of fused-ring (bicyclic) bond motifs is 3. The molecule has 4 nitrogen and oxygen atoms in total. The average Bonchev–Trinajstić information content (AvgIpc) is 2.29. The molecule has 0 saturated carbocycles. The molecule has 2 heterocycles. The van der Waals surface area contributed by atoms with Crippen LogP contribution in [0.1, 0.15) is 19.3 Å². The maximum atomic E-state index is 11.9. The van der Waals surface area contributed by atoms with Gasteiger partial charge in [0.05, 0.1) is 11.4 Å². The van der Waals surface area contributed by atoms with Gasteiger partial charge in [-0.2, -0.15) is 0 Å². The molecule has 0 radical (unpaired) electrons. The van der Waals surface area contributed by atoms with Crippen LogP contribution in [0, 0.1) is 0 Å². The Labute approximate surface area is 94.4 Å². The molecule has 0 spiro atoms. The second-order valence-corrected chi connectivity index (χ2v) is 4.47. The van der Waals surface area contributed by atoms with E-state index in [0.29, 0.717) is 5.69 Å². The van der Waals surface area contributed by atoms with Crippen LogP contribution in [-0.2, 0) is 4.79 Å². The number of carbonyl (C=O) groups excluding carboxylic acids is 1. The first kappa shape index (κ1) is 9.51. The fourth-order valence-electron chi connectivity index (χ4n) is 2.61. The molecule has 1 saturated heterocycles. The Kier molecular flexibility index (Phi) is 2.02. The van der Waals surface area contributed by atoms with Crippen molar-refractivity contribution in [1.82, 2.24) is 0 Å². The molecule has 1 aromatic carbocycles. The third-order valence-electron chi connectivity index (χ3n) is 3.39. The van der Waals surface area contributed by atoms with Crippen LogP contribution in [0.5, 0.6) is 0 Å². The van der Waals surface area contributed by atoms with E-state index in [1.165, 1.54) is 0 Å². The van der Waals surface area contributed by atoms with Crippen LogP contribution in [0.3, 0.4) is 0 Å². The summed E-state index contributed by atoms with van der Waals surface area (Å²) in [6.45, 7) is 0.967. The third kappa shape index (κ3) is 1.33. The normalized spacial score (nSPS) is 23.4. The molecule has 0 aromatic heterocycles. The van der Waals surface area contributed by atoms with Crippen LogP contribution in [0.15, 0.2) is 18.2 Å². The summed E-state index contributed by atoms with van der Waals surface area (Å²) in [5.41, 5.74) is 8.37. The predicted molar refractivity (Wildman–Crippen MR) is 64.5 cm³/mol. The highest BCUT2D eigenvalue weighted by Gasteiger charge is 2.34. The first-order valence-corrected chi connectivity index (χ1v) is 5.73. The summed E-state index contributed by atoms with van der Waals surface area (Å²) >= 11 is 0. The minimum Gasteiger partial charge on any atom is -0.399 e. The Balaban J connectivity index is 2.06. The average molecular weight is 217 g/mol. The number of anilines is 3. The van der Waals surface area contributed by atoms with E-state index in [1.54, 1.807) is 0 Å². The lowest BCUT2D eigenvalue weighted by Gasteiger charge is -2.41. The molecule has 1 amide bonds. The van der Waals surface area contributed by atoms with Gasteiger partial charge in [0.15, 0.2) is 0 Å². The number of nitrogens with two attached hydrogens (primary N) is 1. The number of nitrogen functional groups attached to an aromatic ring is 1. The fraction of sp³-hybridized carbons (Fsp3) is 0.417. The zero-order valence-corrected chi connectivity index (χ0v) is 9.07. The fourth-order valence-corrected chi connectivity index (χ4v) is 2.61. The quantitative estimate of drug-likeness (QED) is 0.649. The smallest absolute Gasteiger partial charge is 0.247 e. The van der Waals surface area contributed by atoms with Gasteiger partial charge in [0.2, 0.25) is 5.91 Å². The minimum absolute atomic E-state index is 0.0184. The Bertz CT molecular complexity index is 444. The van der Waals surface area contributed by atoms with Gasteiger partial charge in [-0.15, -0.1) is 0 Å². The van der Waals surface area contributed by atoms with E-state index in [-0.39, 0.29) is 11.9 Å². The molecule has 1 aromatic rings. The summed E-state index contributed by atoms with van der Waals surface area (Å²) in [5, 5.41) is 2.94. The minimum atomic E-state index is 0.0184. The molecule has 4 heteroatoms. The van der Waals surface area contributed by atoms with E-state index in [0.717, 1.165) is 37.2 Å². The van der Waals surface area contributed by atoms with Crippen molar-refractivity contribution in [2.75, 3.05) is 22.5 Å². The maximum Gasteiger partial charge on any atom is 0.247 e. The first-order chi connectivity index (χ1) is 7.75. The number of amides is 1. The summed E-state index contributed by atoms with van der Waals surface area (Å²) in [6, 6.07) is 5.74. The largest absolute Gasteiger partial charge is 0.399 e. The van der Waals surface area contributed by atoms with E-state index >= 15 is 0 Å². The number of hydrogen-bond acceptors (Lipinski definition) is 3. The molecular formula is C12H15N3O. The van der Waals surface area contributed by atoms with Crippen molar-refractivity contribution in [3.63, 3.8) is 0 Å². The maximum absolute atomic E-state index is 11.9. The van der Waals surface area contributed by atoms with Crippen molar-refractivity contribution in [2.24, 2.45) is 0 Å². The number of benzene rings is 1. The second kappa shape index (κ2) is 3.40. The first-order valence-electron chi connectivity index (χ1n) is 5.73. The molecule has 2 aliphatic rings. The zero-order valence-electron chi connectivity index (χ0n) is 9.07. The van der Waals surface area contributed by atoms with Crippen LogP contribution in [0.4, 0.5) is 17.1 Å². The third-order valence-corrected chi connectivity index (χ3v) is 3.39. The number of carbonyl (C=O) groups is 1. The molecule has 3 N–H and O–H groups in total. The van der Waals surface area contributed by atoms with Gasteiger partial charge in [0.1, 0.15) is 6.04 Å². The lowest BCUT2D eigenvalue weighted by Crippen LogP contribution is -2.50. The van der Waals surface area contributed by atoms with Crippen molar-refractivity contribution in [3.8, 4) is 0 Å². The van der Waals surface area contributed by atoms with Crippen molar-refractivity contribution in [1.29, 1.82) is 0 Å². The number of piperidine rings is 1. The Morgan fingerprint density at radius 3 is 3.12 bits per heavy atom. The molecule has 3 rings (SSSR count). The van der Waals surface area contributed by atoms with Crippen LogP contribution in [0.2, 0.25) is 0 Å². The van der Waals surface area contributed by atoms with E-state index in [4.69, 9.17) is 5.73 Å². The number of rotatable bonds is 0. The van der Waals surface area contributed by atoms with E-state index in [1.807, 2.05) is 18.2 Å². The molecule has 0 aliphatic carbocycles. The van der Waals surface area contributed by atoms with Gasteiger partial charge in [-0.1, -0.05) is 0 Å². The van der Waals surface area contributed by atoms with Crippen molar-refractivity contribution >= 4 is 23.0 Å². The summed E-state index contributed by atoms with van der Waals surface area (Å²) in [7, 11) is 0. The molecule has 1 unspecified atom stereocenters. The molecule has 0 bridgehead atoms. The molecular weight excluding hydrogens is 202 g/mol. The second-order valence-electron chi connectivity index (χ2n) is 4.47. The van der Waals surface area contributed by atoms with Gasteiger partial charge >= 0.3 is 0 Å². The molecule has 1 fully saturated rings. The van der Waals surface area contributed by atoms with Gasteiger partial charge in [0.25, 0.3) is 0 Å². The summed E-state index contributed by atoms with van der Waals surface area (Å²) in [6.07, 6.45) is 3.25. The van der Waals surface area contributed by atoms with Crippen molar-refractivity contribution in [2.45, 2.75) is 25.3 Å². The van der Waals surface area contributed by atoms with Crippen LogP contribution < -0.4 is 16.0 Å². The highest BCUT2D eigenvalue weighted by atomic mass is 16.2. The number of nitrogens with one attached hydrogen (secondary N) is 1. The van der Waals surface area contributed by atoms with Crippen LogP contribution in [-0.4, -0.2) is 18.5 Å². The monoisotopic (exact) mass is 217 g/mol. The standard InChI is InChI=1S/C12H15N3O/c13-8-4-5-10-9(7-8)14-12(16)11-3-1-2-6-15(10)11/h4-5,7,11H,1-3,6,13H2,(H,14,16). The molecule has 1 atom stereocenters. The van der Waals surface area contributed by atoms with Gasteiger partial charge in [-0.3, -0.25) is 4.79 Å². The van der Waals surface area contributed by atoms with Gasteiger partial charge in [-0.25, -0.2) is 0 Å². The van der Waals surface area contributed by atoms with Gasteiger partial charge in [-0.05, 0) is 37.5 Å². The lowest BCUT2D eigenvalue weighted by atomic mass is 9.97. The predicted octanol–water partition coefficient (Wildman–Crippen LogP) is 1.58. The summed E-state index contributed by atoms with van der Waals surface area (Å²) in [5.74, 6) is 0.109. The molecule has 16 heavy (non-hydrogen) atoms. The van der Waals surface area contributed by atoms with Crippen molar-refractivity contribution in [3.05, 3.63) is 18.2 Å². The molecule has 84 valence electrons.